The van der Waals surface area contributed by atoms with Crippen molar-refractivity contribution in [2.24, 2.45) is 5.92 Å². The second-order valence-corrected chi connectivity index (χ2v) is 7.87. The van der Waals surface area contributed by atoms with Gasteiger partial charge in [0.2, 0.25) is 0 Å². The number of pyridine rings is 1. The first-order valence-electron chi connectivity index (χ1n) is 10.7. The van der Waals surface area contributed by atoms with Crippen molar-refractivity contribution in [3.05, 3.63) is 47.5 Å². The molecule has 3 heterocycles. The number of aromatic nitrogens is 3. The lowest BCUT2D eigenvalue weighted by Crippen LogP contribution is -2.27. The lowest BCUT2D eigenvalue weighted by atomic mass is 10.1. The lowest BCUT2D eigenvalue weighted by molar-refractivity contribution is -0.193. The molecule has 1 aliphatic heterocycles. The minimum absolute atomic E-state index is 0.0629. The Morgan fingerprint density at radius 1 is 1.08 bits per heavy atom. The van der Waals surface area contributed by atoms with Gasteiger partial charge in [-0.3, -0.25) is 9.67 Å². The highest BCUT2D eigenvalue weighted by Crippen LogP contribution is 2.32. The van der Waals surface area contributed by atoms with Crippen molar-refractivity contribution in [1.29, 1.82) is 0 Å². The van der Waals surface area contributed by atoms with Crippen molar-refractivity contribution in [1.82, 2.24) is 20.1 Å². The Bertz CT molecular complexity index is 969. The molecule has 4 rings (SSSR count). The van der Waals surface area contributed by atoms with E-state index in [2.05, 4.69) is 21.2 Å². The number of rotatable bonds is 6. The Morgan fingerprint density at radius 3 is 2.19 bits per heavy atom. The summed E-state index contributed by atoms with van der Waals surface area (Å²) in [4.78, 5) is 22.1. The summed E-state index contributed by atoms with van der Waals surface area (Å²) in [6.07, 6.45) is -2.36. The van der Waals surface area contributed by atoms with Gasteiger partial charge in [-0.2, -0.15) is 31.4 Å². The van der Waals surface area contributed by atoms with E-state index in [0.717, 1.165) is 50.0 Å². The number of carboxylic acids is 2. The summed E-state index contributed by atoms with van der Waals surface area (Å²) in [5.74, 6) is -4.66. The Labute approximate surface area is 201 Å². The first-order valence-corrected chi connectivity index (χ1v) is 10.7. The van der Waals surface area contributed by atoms with Gasteiger partial charge >= 0.3 is 24.3 Å². The molecule has 1 atom stereocenters. The second-order valence-electron chi connectivity index (χ2n) is 7.87. The van der Waals surface area contributed by atoms with Crippen LogP contribution in [0.3, 0.4) is 0 Å². The third kappa shape index (κ3) is 10.2. The SMILES string of the molecule is O=C(O)C(F)(F)F.O=C(O)C(F)(F)F.c1ccc(CNCC2OCCc3cn(CC4CC4)nc32)nc1. The Kier molecular flexibility index (Phi) is 10.2. The molecule has 0 saturated heterocycles. The van der Waals surface area contributed by atoms with Crippen LogP contribution in [-0.4, -0.2) is 62.4 Å². The van der Waals surface area contributed by atoms with Gasteiger partial charge in [-0.1, -0.05) is 6.07 Å². The van der Waals surface area contributed by atoms with E-state index in [1.54, 1.807) is 0 Å². The van der Waals surface area contributed by atoms with Crippen molar-refractivity contribution in [3.63, 3.8) is 0 Å². The molecule has 0 spiro atoms. The molecule has 0 amide bonds. The first kappa shape index (κ1) is 29.0. The largest absolute Gasteiger partial charge is 0.490 e. The molecule has 1 fully saturated rings. The van der Waals surface area contributed by atoms with Gasteiger partial charge in [-0.25, -0.2) is 9.59 Å². The maximum atomic E-state index is 10.6. The number of carbonyl (C=O) groups is 2. The van der Waals surface area contributed by atoms with Crippen LogP contribution in [0.5, 0.6) is 0 Å². The zero-order valence-corrected chi connectivity index (χ0v) is 18.7. The summed E-state index contributed by atoms with van der Waals surface area (Å²) in [6, 6.07) is 5.98. The third-order valence-corrected chi connectivity index (χ3v) is 4.85. The number of carboxylic acid groups (broad SMARTS) is 2. The van der Waals surface area contributed by atoms with Crippen LogP contribution in [-0.2, 0) is 33.8 Å². The van der Waals surface area contributed by atoms with E-state index in [1.807, 2.05) is 24.4 Å². The third-order valence-electron chi connectivity index (χ3n) is 4.85. The van der Waals surface area contributed by atoms with Crippen molar-refractivity contribution >= 4 is 11.9 Å². The summed E-state index contributed by atoms with van der Waals surface area (Å²) in [5.41, 5.74) is 3.54. The number of aliphatic carboxylic acids is 2. The highest BCUT2D eigenvalue weighted by molar-refractivity contribution is 5.73. The van der Waals surface area contributed by atoms with E-state index in [4.69, 9.17) is 29.6 Å². The van der Waals surface area contributed by atoms with Crippen molar-refractivity contribution < 1.29 is 50.9 Å². The number of fused-ring (bicyclic) bond motifs is 1. The summed E-state index contributed by atoms with van der Waals surface area (Å²) in [6.45, 7) is 3.40. The zero-order chi connectivity index (χ0) is 26.9. The predicted octanol–water partition coefficient (Wildman–Crippen LogP) is 3.36. The first-order chi connectivity index (χ1) is 16.8. The van der Waals surface area contributed by atoms with Crippen LogP contribution in [0.2, 0.25) is 0 Å². The van der Waals surface area contributed by atoms with Crippen LogP contribution in [0.15, 0.2) is 30.6 Å². The average Bonchev–Trinajstić information content (AvgIpc) is 3.50. The molecule has 9 nitrogen and oxygen atoms in total. The van der Waals surface area contributed by atoms with E-state index in [0.29, 0.717) is 0 Å². The van der Waals surface area contributed by atoms with Crippen molar-refractivity contribution in [3.8, 4) is 0 Å². The highest BCUT2D eigenvalue weighted by Gasteiger charge is 2.38. The molecule has 1 unspecified atom stereocenters. The molecule has 3 N–H and O–H groups in total. The number of hydrogen-bond acceptors (Lipinski definition) is 6. The van der Waals surface area contributed by atoms with Gasteiger partial charge in [0, 0.05) is 32.0 Å². The van der Waals surface area contributed by atoms with Gasteiger partial charge < -0.3 is 20.3 Å². The zero-order valence-electron chi connectivity index (χ0n) is 18.7. The minimum atomic E-state index is -5.08. The standard InChI is InChI=1S/C17H22N4O.2C2HF3O2/c1-2-7-19-15(3-1)9-18-10-16-17-14(6-8-22-16)12-21(20-17)11-13-4-5-13;2*3-2(4,5)1(6)7/h1-3,7,12-13,16,18H,4-6,8-11H2;2*(H,6,7). The molecule has 2 aromatic rings. The number of nitrogens with zero attached hydrogens (tertiary/aromatic N) is 3. The van der Waals surface area contributed by atoms with Gasteiger partial charge in [0.1, 0.15) is 6.10 Å². The summed E-state index contributed by atoms with van der Waals surface area (Å²) >= 11 is 0. The second kappa shape index (κ2) is 12.7. The molecular formula is C21H24F6N4O5. The molecule has 0 aromatic carbocycles. The van der Waals surface area contributed by atoms with E-state index in [-0.39, 0.29) is 6.10 Å². The smallest absolute Gasteiger partial charge is 0.475 e. The minimum Gasteiger partial charge on any atom is -0.475 e. The van der Waals surface area contributed by atoms with Crippen LogP contribution in [0, 0.1) is 5.92 Å². The monoisotopic (exact) mass is 526 g/mol. The Hall–Kier alpha value is -3.20. The number of hydrogen-bond donors (Lipinski definition) is 3. The highest BCUT2D eigenvalue weighted by atomic mass is 19.4. The van der Waals surface area contributed by atoms with Gasteiger partial charge in [0.15, 0.2) is 0 Å². The topological polar surface area (TPSA) is 127 Å². The van der Waals surface area contributed by atoms with Crippen molar-refractivity contribution in [2.45, 2.75) is 50.8 Å². The van der Waals surface area contributed by atoms with E-state index in [9.17, 15) is 26.3 Å². The maximum Gasteiger partial charge on any atom is 0.490 e. The van der Waals surface area contributed by atoms with Crippen LogP contribution in [0.1, 0.15) is 35.9 Å². The average molecular weight is 526 g/mol. The van der Waals surface area contributed by atoms with Crippen LogP contribution in [0.4, 0.5) is 26.3 Å². The number of halogens is 6. The number of alkyl halides is 6. The fraction of sp³-hybridized carbons (Fsp3) is 0.524. The van der Waals surface area contributed by atoms with Crippen molar-refractivity contribution in [2.75, 3.05) is 13.2 Å². The molecule has 2 aliphatic rings. The van der Waals surface area contributed by atoms with Crippen LogP contribution >= 0.6 is 0 Å². The molecule has 1 saturated carbocycles. The van der Waals surface area contributed by atoms with E-state index >= 15 is 0 Å². The molecule has 0 bridgehead atoms. The fourth-order valence-corrected chi connectivity index (χ4v) is 2.98. The van der Waals surface area contributed by atoms with Crippen LogP contribution < -0.4 is 5.32 Å². The predicted molar refractivity (Wildman–Crippen MR) is 111 cm³/mol. The quantitative estimate of drug-likeness (QED) is 0.490. The molecule has 15 heteroatoms. The molecule has 1 aliphatic carbocycles. The van der Waals surface area contributed by atoms with Gasteiger partial charge in [0.05, 0.1) is 18.0 Å². The van der Waals surface area contributed by atoms with Gasteiger partial charge in [-0.05, 0) is 42.9 Å². The normalized spacial score (nSPS) is 17.1. The molecular weight excluding hydrogens is 502 g/mol. The Balaban J connectivity index is 0.000000271. The van der Waals surface area contributed by atoms with E-state index < -0.39 is 24.3 Å². The van der Waals surface area contributed by atoms with Gasteiger partial charge in [-0.15, -0.1) is 0 Å². The summed E-state index contributed by atoms with van der Waals surface area (Å²) in [7, 11) is 0. The molecule has 0 radical (unpaired) electrons. The molecule has 36 heavy (non-hydrogen) atoms. The Morgan fingerprint density at radius 2 is 1.69 bits per heavy atom. The molecule has 2 aromatic heterocycles. The summed E-state index contributed by atoms with van der Waals surface area (Å²) < 4.78 is 71.5. The lowest BCUT2D eigenvalue weighted by Gasteiger charge is -2.22. The number of ether oxygens (including phenoxy) is 1. The fourth-order valence-electron chi connectivity index (χ4n) is 2.98. The van der Waals surface area contributed by atoms with Crippen LogP contribution in [0.25, 0.3) is 0 Å². The van der Waals surface area contributed by atoms with Gasteiger partial charge in [0.25, 0.3) is 0 Å². The number of nitrogens with one attached hydrogen (secondary N) is 1. The maximum absolute atomic E-state index is 10.6. The summed E-state index contributed by atoms with van der Waals surface area (Å²) in [5, 5.41) is 22.5. The molecule has 200 valence electrons. The van der Waals surface area contributed by atoms with E-state index in [1.165, 1.54) is 18.4 Å².